The number of fused-ring (bicyclic) bond motifs is 1. The first-order valence-electron chi connectivity index (χ1n) is 8.52. The molecule has 0 aliphatic carbocycles. The summed E-state index contributed by atoms with van der Waals surface area (Å²) in [6.07, 6.45) is 0. The number of para-hydroxylation sites is 1. The maximum Gasteiger partial charge on any atom is 0.264 e. The molecule has 0 saturated heterocycles. The first kappa shape index (κ1) is 17.4. The van der Waals surface area contributed by atoms with Crippen molar-refractivity contribution in [1.82, 2.24) is 19.9 Å². The van der Waals surface area contributed by atoms with Crippen LogP contribution in [0.3, 0.4) is 0 Å². The van der Waals surface area contributed by atoms with E-state index in [4.69, 9.17) is 11.5 Å². The van der Waals surface area contributed by atoms with Crippen molar-refractivity contribution in [3.05, 3.63) is 65.0 Å². The van der Waals surface area contributed by atoms with E-state index in [0.717, 1.165) is 16.2 Å². The van der Waals surface area contributed by atoms with Crippen molar-refractivity contribution < 1.29 is 9.59 Å². The lowest BCUT2D eigenvalue weighted by molar-refractivity contribution is 0.0638. The molecule has 1 aromatic heterocycles. The Balaban J connectivity index is 1.62. The fourth-order valence-electron chi connectivity index (χ4n) is 3.04. The van der Waals surface area contributed by atoms with Crippen molar-refractivity contribution in [2.24, 2.45) is 0 Å². The second-order valence-electron chi connectivity index (χ2n) is 6.34. The molecular weight excluding hydrogens is 358 g/mol. The Kier molecular flexibility index (Phi) is 4.11. The van der Waals surface area contributed by atoms with Crippen molar-refractivity contribution >= 4 is 35.1 Å². The van der Waals surface area contributed by atoms with Gasteiger partial charge in [0.25, 0.3) is 11.8 Å². The first-order valence-corrected chi connectivity index (χ1v) is 8.52. The van der Waals surface area contributed by atoms with Gasteiger partial charge in [0.2, 0.25) is 11.9 Å². The predicted molar refractivity (Wildman–Crippen MR) is 104 cm³/mol. The molecule has 140 valence electrons. The number of aryl methyl sites for hydroxylation is 1. The summed E-state index contributed by atoms with van der Waals surface area (Å²) in [6, 6.07) is 12.4. The van der Waals surface area contributed by atoms with E-state index in [0.29, 0.717) is 0 Å². The topological polar surface area (TPSA) is 140 Å². The van der Waals surface area contributed by atoms with Gasteiger partial charge in [-0.05, 0) is 30.7 Å². The molecule has 3 aromatic rings. The Morgan fingerprint density at radius 3 is 2.50 bits per heavy atom. The number of nitrogens with two attached hydrogens (primary N) is 2. The molecule has 0 bridgehead atoms. The van der Waals surface area contributed by atoms with Gasteiger partial charge in [-0.15, -0.1) is 0 Å². The van der Waals surface area contributed by atoms with Crippen LogP contribution in [0.4, 0.5) is 23.3 Å². The fraction of sp³-hybridized carbons (Fsp3) is 0.105. The standard InChI is InChI=1S/C19H17N7O2/c1-10-5-2-3-8-13(10)22-19-24-14(23-18(21)25-19)9-26-16(27)11-6-4-7-12(20)15(11)17(26)28/h2-8H,9,20H2,1H3,(H3,21,22,23,24,25). The Bertz CT molecular complexity index is 1110. The molecule has 0 fully saturated rings. The number of nitrogen functional groups attached to an aromatic ring is 2. The molecular formula is C19H17N7O2. The van der Waals surface area contributed by atoms with Crippen LogP contribution in [0.2, 0.25) is 0 Å². The highest BCUT2D eigenvalue weighted by Gasteiger charge is 2.37. The van der Waals surface area contributed by atoms with Crippen LogP contribution in [0.1, 0.15) is 32.1 Å². The number of carbonyl (C=O) groups excluding carboxylic acids is 2. The molecule has 0 spiro atoms. The molecule has 0 saturated carbocycles. The number of rotatable bonds is 4. The van der Waals surface area contributed by atoms with E-state index < -0.39 is 11.8 Å². The molecule has 2 heterocycles. The number of hydrogen-bond donors (Lipinski definition) is 3. The number of benzene rings is 2. The van der Waals surface area contributed by atoms with Crippen LogP contribution in [0.5, 0.6) is 0 Å². The van der Waals surface area contributed by atoms with Crippen molar-refractivity contribution in [3.63, 3.8) is 0 Å². The summed E-state index contributed by atoms with van der Waals surface area (Å²) in [5, 5.41) is 3.08. The highest BCUT2D eigenvalue weighted by molar-refractivity contribution is 6.23. The van der Waals surface area contributed by atoms with Crippen LogP contribution in [0.25, 0.3) is 0 Å². The third kappa shape index (κ3) is 2.98. The van der Waals surface area contributed by atoms with Crippen LogP contribution in [0, 0.1) is 6.92 Å². The van der Waals surface area contributed by atoms with Crippen LogP contribution >= 0.6 is 0 Å². The minimum absolute atomic E-state index is 0.0165. The molecule has 0 radical (unpaired) electrons. The molecule has 1 aliphatic heterocycles. The lowest BCUT2D eigenvalue weighted by atomic mass is 10.1. The molecule has 5 N–H and O–H groups in total. The summed E-state index contributed by atoms with van der Waals surface area (Å²) in [6.45, 7) is 1.80. The molecule has 0 unspecified atom stereocenters. The van der Waals surface area contributed by atoms with Gasteiger partial charge < -0.3 is 16.8 Å². The number of imide groups is 1. The van der Waals surface area contributed by atoms with Gasteiger partial charge in [-0.25, -0.2) is 0 Å². The smallest absolute Gasteiger partial charge is 0.264 e. The van der Waals surface area contributed by atoms with E-state index in [2.05, 4.69) is 20.3 Å². The Morgan fingerprint density at radius 1 is 0.964 bits per heavy atom. The van der Waals surface area contributed by atoms with Crippen molar-refractivity contribution in [3.8, 4) is 0 Å². The van der Waals surface area contributed by atoms with E-state index in [1.807, 2.05) is 31.2 Å². The summed E-state index contributed by atoms with van der Waals surface area (Å²) in [5.74, 6) is -0.521. The highest BCUT2D eigenvalue weighted by Crippen LogP contribution is 2.28. The van der Waals surface area contributed by atoms with Gasteiger partial charge in [0.1, 0.15) is 0 Å². The molecule has 4 rings (SSSR count). The molecule has 9 heteroatoms. The first-order chi connectivity index (χ1) is 13.4. The lowest BCUT2D eigenvalue weighted by Crippen LogP contribution is -2.30. The van der Waals surface area contributed by atoms with Crippen molar-refractivity contribution in [2.45, 2.75) is 13.5 Å². The monoisotopic (exact) mass is 375 g/mol. The van der Waals surface area contributed by atoms with E-state index >= 15 is 0 Å². The molecule has 2 amide bonds. The molecule has 28 heavy (non-hydrogen) atoms. The second kappa shape index (κ2) is 6.62. The third-order valence-corrected chi connectivity index (χ3v) is 4.42. The molecule has 0 atom stereocenters. The van der Waals surface area contributed by atoms with Crippen molar-refractivity contribution in [2.75, 3.05) is 16.8 Å². The number of nitrogens with one attached hydrogen (secondary N) is 1. The molecule has 9 nitrogen and oxygen atoms in total. The summed E-state index contributed by atoms with van der Waals surface area (Å²) >= 11 is 0. The van der Waals surface area contributed by atoms with Gasteiger partial charge in [0.15, 0.2) is 5.82 Å². The minimum atomic E-state index is -0.481. The third-order valence-electron chi connectivity index (χ3n) is 4.42. The predicted octanol–water partition coefficient (Wildman–Crippen LogP) is 1.88. The summed E-state index contributed by atoms with van der Waals surface area (Å²) < 4.78 is 0. The van der Waals surface area contributed by atoms with E-state index in [1.165, 1.54) is 0 Å². The Hall–Kier alpha value is -4.01. The number of amides is 2. The number of nitrogens with zero attached hydrogens (tertiary/aromatic N) is 4. The number of carbonyl (C=O) groups is 2. The Labute approximate surface area is 160 Å². The maximum absolute atomic E-state index is 12.6. The van der Waals surface area contributed by atoms with Crippen LogP contribution in [-0.4, -0.2) is 31.7 Å². The lowest BCUT2D eigenvalue weighted by Gasteiger charge is -2.14. The van der Waals surface area contributed by atoms with E-state index in [1.54, 1.807) is 18.2 Å². The van der Waals surface area contributed by atoms with Gasteiger partial charge >= 0.3 is 0 Å². The maximum atomic E-state index is 12.6. The molecule has 2 aromatic carbocycles. The normalized spacial score (nSPS) is 13.0. The zero-order valence-electron chi connectivity index (χ0n) is 15.0. The van der Waals surface area contributed by atoms with Gasteiger partial charge in [-0.3, -0.25) is 14.5 Å². The van der Waals surface area contributed by atoms with E-state index in [9.17, 15) is 9.59 Å². The SMILES string of the molecule is Cc1ccccc1Nc1nc(N)nc(CN2C(=O)c3cccc(N)c3C2=O)n1. The Morgan fingerprint density at radius 2 is 1.75 bits per heavy atom. The zero-order chi connectivity index (χ0) is 19.8. The number of aromatic nitrogens is 3. The fourth-order valence-corrected chi connectivity index (χ4v) is 3.04. The highest BCUT2D eigenvalue weighted by atomic mass is 16.2. The minimum Gasteiger partial charge on any atom is -0.398 e. The summed E-state index contributed by atoms with van der Waals surface area (Å²) in [4.78, 5) is 38.7. The second-order valence-corrected chi connectivity index (χ2v) is 6.34. The van der Waals surface area contributed by atoms with Gasteiger partial charge in [-0.2, -0.15) is 15.0 Å². The van der Waals surface area contributed by atoms with Crippen LogP contribution < -0.4 is 16.8 Å². The van der Waals surface area contributed by atoms with Gasteiger partial charge in [0.05, 0.1) is 17.7 Å². The zero-order valence-corrected chi connectivity index (χ0v) is 15.0. The molecule has 1 aliphatic rings. The average molecular weight is 375 g/mol. The van der Waals surface area contributed by atoms with Gasteiger partial charge in [-0.1, -0.05) is 24.3 Å². The number of hydrogen-bond acceptors (Lipinski definition) is 8. The number of anilines is 4. The van der Waals surface area contributed by atoms with Crippen LogP contribution in [0.15, 0.2) is 42.5 Å². The van der Waals surface area contributed by atoms with Gasteiger partial charge in [0, 0.05) is 11.4 Å². The summed E-state index contributed by atoms with van der Waals surface area (Å²) in [7, 11) is 0. The summed E-state index contributed by atoms with van der Waals surface area (Å²) in [5.41, 5.74) is 14.2. The average Bonchev–Trinajstić information content (AvgIpc) is 2.89. The van der Waals surface area contributed by atoms with E-state index in [-0.39, 0.29) is 41.1 Å². The van der Waals surface area contributed by atoms with Crippen LogP contribution in [-0.2, 0) is 6.54 Å². The quantitative estimate of drug-likeness (QED) is 0.464. The largest absolute Gasteiger partial charge is 0.398 e. The van der Waals surface area contributed by atoms with Crippen molar-refractivity contribution in [1.29, 1.82) is 0 Å².